The molecule has 0 radical (unpaired) electrons. The van der Waals surface area contributed by atoms with E-state index >= 15 is 0 Å². The van der Waals surface area contributed by atoms with E-state index in [1.165, 1.54) is 0 Å². The van der Waals surface area contributed by atoms with E-state index in [1.54, 1.807) is 0 Å². The quantitative estimate of drug-likeness (QED) is 0.446. The van der Waals surface area contributed by atoms with Crippen molar-refractivity contribution in [1.82, 2.24) is 0 Å². The molecule has 0 unspecified atom stereocenters. The van der Waals surface area contributed by atoms with Crippen LogP contribution >= 0.6 is 0 Å². The molecular formula is C14H26O4. The Morgan fingerprint density at radius 2 is 1.50 bits per heavy atom. The SMILES string of the molecule is CCCOC(=O)CCCC(=O)OCCCC(C)C. The van der Waals surface area contributed by atoms with Crippen LogP contribution in [0, 0.1) is 5.92 Å². The van der Waals surface area contributed by atoms with Gasteiger partial charge >= 0.3 is 11.9 Å². The van der Waals surface area contributed by atoms with Gasteiger partial charge in [-0.3, -0.25) is 9.59 Å². The number of hydrogen-bond donors (Lipinski definition) is 0. The van der Waals surface area contributed by atoms with Gasteiger partial charge in [0, 0.05) is 12.8 Å². The molecule has 0 heterocycles. The molecule has 4 heteroatoms. The summed E-state index contributed by atoms with van der Waals surface area (Å²) in [4.78, 5) is 22.5. The zero-order chi connectivity index (χ0) is 13.8. The summed E-state index contributed by atoms with van der Waals surface area (Å²) in [6.07, 6.45) is 3.89. The summed E-state index contributed by atoms with van der Waals surface area (Å²) in [7, 11) is 0. The normalized spacial score (nSPS) is 10.4. The molecule has 0 spiro atoms. The molecule has 0 fully saturated rings. The predicted molar refractivity (Wildman–Crippen MR) is 70.1 cm³/mol. The molecule has 0 amide bonds. The number of carbonyl (C=O) groups excluding carboxylic acids is 2. The highest BCUT2D eigenvalue weighted by Gasteiger charge is 2.07. The Balaban J connectivity index is 3.39. The van der Waals surface area contributed by atoms with Crippen LogP contribution in [0.1, 0.15) is 59.3 Å². The molecule has 0 rings (SSSR count). The molecule has 0 atom stereocenters. The average molecular weight is 258 g/mol. The third-order valence-corrected chi connectivity index (χ3v) is 2.42. The second-order valence-electron chi connectivity index (χ2n) is 4.83. The first-order valence-electron chi connectivity index (χ1n) is 6.87. The summed E-state index contributed by atoms with van der Waals surface area (Å²) < 4.78 is 9.97. The van der Waals surface area contributed by atoms with Crippen LogP contribution in [-0.4, -0.2) is 25.2 Å². The predicted octanol–water partition coefficient (Wildman–Crippen LogP) is 3.09. The molecule has 0 aromatic carbocycles. The van der Waals surface area contributed by atoms with Gasteiger partial charge in [0.2, 0.25) is 0 Å². The summed E-state index contributed by atoms with van der Waals surface area (Å²) in [5.74, 6) is 0.184. The molecule has 0 saturated carbocycles. The van der Waals surface area contributed by atoms with Gasteiger partial charge in [-0.2, -0.15) is 0 Å². The van der Waals surface area contributed by atoms with Crippen molar-refractivity contribution in [2.45, 2.75) is 59.3 Å². The summed E-state index contributed by atoms with van der Waals surface area (Å²) in [5.41, 5.74) is 0. The van der Waals surface area contributed by atoms with Crippen molar-refractivity contribution in [3.05, 3.63) is 0 Å². The number of ether oxygens (including phenoxy) is 2. The fourth-order valence-corrected chi connectivity index (χ4v) is 1.41. The van der Waals surface area contributed by atoms with E-state index in [-0.39, 0.29) is 11.9 Å². The van der Waals surface area contributed by atoms with Crippen molar-refractivity contribution >= 4 is 11.9 Å². The van der Waals surface area contributed by atoms with Crippen LogP contribution in [0.15, 0.2) is 0 Å². The van der Waals surface area contributed by atoms with E-state index in [2.05, 4.69) is 13.8 Å². The van der Waals surface area contributed by atoms with Crippen LogP contribution in [0.3, 0.4) is 0 Å². The van der Waals surface area contributed by atoms with Gasteiger partial charge in [0.1, 0.15) is 0 Å². The highest BCUT2D eigenvalue weighted by molar-refractivity contribution is 5.72. The summed E-state index contributed by atoms with van der Waals surface area (Å²) in [6.45, 7) is 7.17. The lowest BCUT2D eigenvalue weighted by molar-refractivity contribution is -0.145. The van der Waals surface area contributed by atoms with Gasteiger partial charge in [-0.25, -0.2) is 0 Å². The highest BCUT2D eigenvalue weighted by atomic mass is 16.5. The molecule has 0 aromatic heterocycles. The van der Waals surface area contributed by atoms with E-state index in [0.29, 0.717) is 38.4 Å². The maximum atomic E-state index is 11.3. The van der Waals surface area contributed by atoms with Crippen LogP contribution in [0.2, 0.25) is 0 Å². The summed E-state index contributed by atoms with van der Waals surface area (Å²) in [6, 6.07) is 0. The molecule has 0 saturated heterocycles. The second kappa shape index (κ2) is 11.1. The maximum absolute atomic E-state index is 11.3. The third-order valence-electron chi connectivity index (χ3n) is 2.42. The van der Waals surface area contributed by atoms with Crippen molar-refractivity contribution in [2.75, 3.05) is 13.2 Å². The smallest absolute Gasteiger partial charge is 0.305 e. The lowest BCUT2D eigenvalue weighted by Gasteiger charge is -2.06. The van der Waals surface area contributed by atoms with E-state index in [4.69, 9.17) is 9.47 Å². The van der Waals surface area contributed by atoms with Crippen molar-refractivity contribution in [3.63, 3.8) is 0 Å². The Morgan fingerprint density at radius 1 is 0.944 bits per heavy atom. The van der Waals surface area contributed by atoms with Gasteiger partial charge in [-0.05, 0) is 31.6 Å². The molecule has 4 nitrogen and oxygen atoms in total. The van der Waals surface area contributed by atoms with Gasteiger partial charge < -0.3 is 9.47 Å². The first-order valence-corrected chi connectivity index (χ1v) is 6.87. The van der Waals surface area contributed by atoms with Gasteiger partial charge in [-0.15, -0.1) is 0 Å². The molecule has 18 heavy (non-hydrogen) atoms. The molecule has 0 aliphatic heterocycles. The van der Waals surface area contributed by atoms with E-state index in [1.807, 2.05) is 6.92 Å². The average Bonchev–Trinajstić information content (AvgIpc) is 2.32. The number of carbonyl (C=O) groups is 2. The largest absolute Gasteiger partial charge is 0.466 e. The minimum atomic E-state index is -0.232. The van der Waals surface area contributed by atoms with E-state index in [0.717, 1.165) is 19.3 Å². The van der Waals surface area contributed by atoms with Gasteiger partial charge in [0.25, 0.3) is 0 Å². The first kappa shape index (κ1) is 16.9. The van der Waals surface area contributed by atoms with Crippen LogP contribution in [-0.2, 0) is 19.1 Å². The third kappa shape index (κ3) is 11.4. The minimum absolute atomic E-state index is 0.220. The Hall–Kier alpha value is -1.06. The molecular weight excluding hydrogens is 232 g/mol. The van der Waals surface area contributed by atoms with Crippen molar-refractivity contribution in [2.24, 2.45) is 5.92 Å². The summed E-state index contributed by atoms with van der Waals surface area (Å²) in [5, 5.41) is 0. The fraction of sp³-hybridized carbons (Fsp3) is 0.857. The standard InChI is InChI=1S/C14H26O4/c1-4-10-17-13(15)8-5-9-14(16)18-11-6-7-12(2)3/h12H,4-11H2,1-3H3. The maximum Gasteiger partial charge on any atom is 0.305 e. The topological polar surface area (TPSA) is 52.6 Å². The zero-order valence-corrected chi connectivity index (χ0v) is 11.9. The Labute approximate surface area is 110 Å². The van der Waals surface area contributed by atoms with Gasteiger partial charge in [-0.1, -0.05) is 20.8 Å². The van der Waals surface area contributed by atoms with Crippen LogP contribution in [0.4, 0.5) is 0 Å². The van der Waals surface area contributed by atoms with Crippen molar-refractivity contribution in [1.29, 1.82) is 0 Å². The molecule has 0 bridgehead atoms. The molecule has 0 aliphatic carbocycles. The van der Waals surface area contributed by atoms with Crippen LogP contribution < -0.4 is 0 Å². The second-order valence-corrected chi connectivity index (χ2v) is 4.83. The summed E-state index contributed by atoms with van der Waals surface area (Å²) >= 11 is 0. The van der Waals surface area contributed by atoms with Gasteiger partial charge in [0.15, 0.2) is 0 Å². The fourth-order valence-electron chi connectivity index (χ4n) is 1.41. The molecule has 0 aliphatic rings. The van der Waals surface area contributed by atoms with Crippen LogP contribution in [0.5, 0.6) is 0 Å². The van der Waals surface area contributed by atoms with Crippen LogP contribution in [0.25, 0.3) is 0 Å². The highest BCUT2D eigenvalue weighted by Crippen LogP contribution is 2.05. The molecule has 0 aromatic rings. The minimum Gasteiger partial charge on any atom is -0.466 e. The Morgan fingerprint density at radius 3 is 2.00 bits per heavy atom. The number of rotatable bonds is 10. The zero-order valence-electron chi connectivity index (χ0n) is 11.9. The van der Waals surface area contributed by atoms with E-state index < -0.39 is 0 Å². The Bertz CT molecular complexity index is 236. The number of hydrogen-bond acceptors (Lipinski definition) is 4. The van der Waals surface area contributed by atoms with E-state index in [9.17, 15) is 9.59 Å². The monoisotopic (exact) mass is 258 g/mol. The lowest BCUT2D eigenvalue weighted by atomic mass is 10.1. The van der Waals surface area contributed by atoms with Gasteiger partial charge in [0.05, 0.1) is 13.2 Å². The number of esters is 2. The van der Waals surface area contributed by atoms with Crippen molar-refractivity contribution < 1.29 is 19.1 Å². The first-order chi connectivity index (χ1) is 8.56. The Kier molecular flexibility index (Phi) is 10.4. The van der Waals surface area contributed by atoms with Crippen molar-refractivity contribution in [3.8, 4) is 0 Å². The lowest BCUT2D eigenvalue weighted by Crippen LogP contribution is -2.09. The molecule has 0 N–H and O–H groups in total. The molecule has 106 valence electrons.